The highest BCUT2D eigenvalue weighted by Crippen LogP contribution is 2.14. The molecular weight excluding hydrogens is 144 g/mol. The van der Waals surface area contributed by atoms with Gasteiger partial charge in [-0.25, -0.2) is 0 Å². The van der Waals surface area contributed by atoms with Gasteiger partial charge in [-0.05, 0) is 19.8 Å². The monoisotopic (exact) mass is 160 g/mol. The van der Waals surface area contributed by atoms with Gasteiger partial charge < -0.3 is 0 Å². The van der Waals surface area contributed by atoms with E-state index in [9.17, 15) is 0 Å². The van der Waals surface area contributed by atoms with Crippen molar-refractivity contribution in [3.05, 3.63) is 12.2 Å². The summed E-state index contributed by atoms with van der Waals surface area (Å²) in [6, 6.07) is 0. The Kier molecular flexibility index (Phi) is 5.81. The maximum atomic E-state index is 5.99. The summed E-state index contributed by atoms with van der Waals surface area (Å²) in [6.07, 6.45) is 4.58. The maximum Gasteiger partial charge on any atom is 0.0372 e. The first kappa shape index (κ1) is 10.0. The molecule has 0 rings (SSSR count). The Hall–Kier alpha value is 0.0300. The zero-order valence-electron chi connectivity index (χ0n) is 6.99. The number of unbranched alkanes of at least 4 members (excludes halogenated alkanes) is 1. The van der Waals surface area contributed by atoms with Crippen molar-refractivity contribution in [2.45, 2.75) is 44.9 Å². The molecule has 0 saturated heterocycles. The molecule has 0 spiro atoms. The van der Waals surface area contributed by atoms with Crippen molar-refractivity contribution < 1.29 is 0 Å². The Balaban J connectivity index is 3.25. The van der Waals surface area contributed by atoms with E-state index in [1.807, 2.05) is 6.92 Å². The molecule has 1 heteroatoms. The predicted octanol–water partition coefficient (Wildman–Crippen LogP) is 3.75. The fourth-order valence-electron chi connectivity index (χ4n) is 0.906. The number of hydrogen-bond donors (Lipinski definition) is 0. The average molecular weight is 161 g/mol. The lowest BCUT2D eigenvalue weighted by Gasteiger charge is -2.06. The van der Waals surface area contributed by atoms with Crippen LogP contribution in [0.3, 0.4) is 0 Å². The quantitative estimate of drug-likeness (QED) is 0.425. The van der Waals surface area contributed by atoms with Crippen LogP contribution in [0.1, 0.15) is 39.5 Å². The molecule has 0 fully saturated rings. The van der Waals surface area contributed by atoms with E-state index in [1.165, 1.54) is 18.4 Å². The summed E-state index contributed by atoms with van der Waals surface area (Å²) in [4.78, 5) is 0. The Morgan fingerprint density at radius 1 is 1.60 bits per heavy atom. The van der Waals surface area contributed by atoms with Crippen molar-refractivity contribution in [2.75, 3.05) is 0 Å². The average Bonchev–Trinajstić information content (AvgIpc) is 1.82. The summed E-state index contributed by atoms with van der Waals surface area (Å²) >= 11 is 5.99. The molecule has 1 unspecified atom stereocenters. The van der Waals surface area contributed by atoms with Crippen molar-refractivity contribution in [3.8, 4) is 0 Å². The van der Waals surface area contributed by atoms with Gasteiger partial charge in [0.1, 0.15) is 0 Å². The minimum absolute atomic E-state index is 0.317. The normalized spacial score (nSPS) is 13.1. The van der Waals surface area contributed by atoms with Crippen molar-refractivity contribution in [1.82, 2.24) is 0 Å². The van der Waals surface area contributed by atoms with Crippen LogP contribution in [-0.4, -0.2) is 5.38 Å². The summed E-state index contributed by atoms with van der Waals surface area (Å²) < 4.78 is 0. The maximum absolute atomic E-state index is 5.99. The molecule has 0 aliphatic heterocycles. The van der Waals surface area contributed by atoms with Crippen LogP contribution in [0.4, 0.5) is 0 Å². The molecule has 0 saturated carbocycles. The second kappa shape index (κ2) is 5.79. The third kappa shape index (κ3) is 6.15. The summed E-state index contributed by atoms with van der Waals surface area (Å²) in [6.45, 7) is 8.03. The molecule has 0 radical (unpaired) electrons. The van der Waals surface area contributed by atoms with Crippen LogP contribution in [0.25, 0.3) is 0 Å². The molecule has 1 atom stereocenters. The standard InChI is InChI=1S/C9H17Cl/c1-4-5-6-9(10)7-8(2)3/h9H,2,4-7H2,1,3H3. The molecule has 0 nitrogen and oxygen atoms in total. The lowest BCUT2D eigenvalue weighted by Crippen LogP contribution is -1.97. The number of alkyl halides is 1. The van der Waals surface area contributed by atoms with Crippen molar-refractivity contribution in [3.63, 3.8) is 0 Å². The molecule has 0 aliphatic carbocycles. The third-order valence-corrected chi connectivity index (χ3v) is 1.81. The minimum Gasteiger partial charge on any atom is -0.123 e. The van der Waals surface area contributed by atoms with Gasteiger partial charge in [0, 0.05) is 5.38 Å². The van der Waals surface area contributed by atoms with Crippen LogP contribution in [-0.2, 0) is 0 Å². The van der Waals surface area contributed by atoms with Gasteiger partial charge in [-0.3, -0.25) is 0 Å². The summed E-state index contributed by atoms with van der Waals surface area (Å²) in [7, 11) is 0. The van der Waals surface area contributed by atoms with E-state index in [0.717, 1.165) is 12.8 Å². The summed E-state index contributed by atoms with van der Waals surface area (Å²) in [5.41, 5.74) is 1.19. The zero-order valence-corrected chi connectivity index (χ0v) is 7.75. The molecule has 0 bridgehead atoms. The van der Waals surface area contributed by atoms with Crippen LogP contribution in [0.5, 0.6) is 0 Å². The fourth-order valence-corrected chi connectivity index (χ4v) is 1.32. The van der Waals surface area contributed by atoms with Gasteiger partial charge in [-0.2, -0.15) is 0 Å². The molecule has 0 aliphatic rings. The molecule has 0 aromatic carbocycles. The fraction of sp³-hybridized carbons (Fsp3) is 0.778. The van der Waals surface area contributed by atoms with Gasteiger partial charge in [-0.15, -0.1) is 18.2 Å². The van der Waals surface area contributed by atoms with Gasteiger partial charge in [0.25, 0.3) is 0 Å². The van der Waals surface area contributed by atoms with E-state index in [2.05, 4.69) is 13.5 Å². The molecule has 0 aromatic rings. The smallest absolute Gasteiger partial charge is 0.0372 e. The van der Waals surface area contributed by atoms with Gasteiger partial charge in [0.15, 0.2) is 0 Å². The zero-order chi connectivity index (χ0) is 7.98. The van der Waals surface area contributed by atoms with E-state index in [-0.39, 0.29) is 0 Å². The van der Waals surface area contributed by atoms with E-state index in [0.29, 0.717) is 5.38 Å². The van der Waals surface area contributed by atoms with Crippen LogP contribution in [0.2, 0.25) is 0 Å². The van der Waals surface area contributed by atoms with E-state index in [1.54, 1.807) is 0 Å². The molecule has 0 heterocycles. The molecule has 60 valence electrons. The second-order valence-corrected chi connectivity index (χ2v) is 3.52. The minimum atomic E-state index is 0.317. The van der Waals surface area contributed by atoms with E-state index >= 15 is 0 Å². The number of rotatable bonds is 5. The first-order valence-electron chi connectivity index (χ1n) is 3.95. The number of halogens is 1. The van der Waals surface area contributed by atoms with Crippen LogP contribution in [0, 0.1) is 0 Å². The van der Waals surface area contributed by atoms with Crippen LogP contribution >= 0.6 is 11.6 Å². The molecule has 10 heavy (non-hydrogen) atoms. The highest BCUT2D eigenvalue weighted by atomic mass is 35.5. The van der Waals surface area contributed by atoms with Crippen molar-refractivity contribution >= 4 is 11.6 Å². The van der Waals surface area contributed by atoms with E-state index < -0.39 is 0 Å². The first-order chi connectivity index (χ1) is 4.66. The van der Waals surface area contributed by atoms with Crippen LogP contribution in [0.15, 0.2) is 12.2 Å². The first-order valence-corrected chi connectivity index (χ1v) is 4.39. The Bertz CT molecular complexity index is 96.9. The van der Waals surface area contributed by atoms with Crippen molar-refractivity contribution in [2.24, 2.45) is 0 Å². The predicted molar refractivity (Wildman–Crippen MR) is 48.6 cm³/mol. The van der Waals surface area contributed by atoms with Gasteiger partial charge >= 0.3 is 0 Å². The Labute approximate surface area is 69.3 Å². The Morgan fingerprint density at radius 3 is 2.60 bits per heavy atom. The summed E-state index contributed by atoms with van der Waals surface area (Å²) in [5.74, 6) is 0. The molecule has 0 aromatic heterocycles. The van der Waals surface area contributed by atoms with Gasteiger partial charge in [0.2, 0.25) is 0 Å². The Morgan fingerprint density at radius 2 is 2.20 bits per heavy atom. The number of allylic oxidation sites excluding steroid dienone is 1. The second-order valence-electron chi connectivity index (χ2n) is 2.90. The lowest BCUT2D eigenvalue weighted by molar-refractivity contribution is 0.672. The van der Waals surface area contributed by atoms with Crippen LogP contribution < -0.4 is 0 Å². The summed E-state index contributed by atoms with van der Waals surface area (Å²) in [5, 5.41) is 0.317. The highest BCUT2D eigenvalue weighted by Gasteiger charge is 2.02. The molecular formula is C9H17Cl. The topological polar surface area (TPSA) is 0 Å². The molecule has 0 N–H and O–H groups in total. The molecule has 0 amide bonds. The van der Waals surface area contributed by atoms with E-state index in [4.69, 9.17) is 11.6 Å². The van der Waals surface area contributed by atoms with Crippen molar-refractivity contribution in [1.29, 1.82) is 0 Å². The highest BCUT2D eigenvalue weighted by molar-refractivity contribution is 6.20. The number of hydrogen-bond acceptors (Lipinski definition) is 0. The largest absolute Gasteiger partial charge is 0.123 e. The van der Waals surface area contributed by atoms with Gasteiger partial charge in [0.05, 0.1) is 0 Å². The third-order valence-electron chi connectivity index (χ3n) is 1.44. The lowest BCUT2D eigenvalue weighted by atomic mass is 10.1. The SMILES string of the molecule is C=C(C)CC(Cl)CCCC. The van der Waals surface area contributed by atoms with Gasteiger partial charge in [-0.1, -0.05) is 25.3 Å².